The van der Waals surface area contributed by atoms with Crippen molar-refractivity contribution in [2.75, 3.05) is 0 Å². The molecule has 4 aliphatic rings. The third kappa shape index (κ3) is 2.68. The second kappa shape index (κ2) is 6.49. The number of hydrogen-bond donors (Lipinski definition) is 0. The van der Waals surface area contributed by atoms with Gasteiger partial charge in [0.15, 0.2) is 0 Å². The number of ether oxygens (including phenoxy) is 1. The minimum atomic E-state index is -0.340. The van der Waals surface area contributed by atoms with Crippen molar-refractivity contribution in [1.82, 2.24) is 0 Å². The average Bonchev–Trinajstić information content (AvgIpc) is 2.92. The summed E-state index contributed by atoms with van der Waals surface area (Å²) in [7, 11) is 0. The van der Waals surface area contributed by atoms with Crippen molar-refractivity contribution in [2.45, 2.75) is 90.2 Å². The van der Waals surface area contributed by atoms with Gasteiger partial charge in [-0.05, 0) is 80.3 Å². The zero-order chi connectivity index (χ0) is 19.4. The van der Waals surface area contributed by atoms with Crippen LogP contribution in [-0.4, -0.2) is 28.6 Å². The number of carbonyl (C=O) groups excluding carboxylic acids is 2. The number of isothiocyanates is 1. The summed E-state index contributed by atoms with van der Waals surface area (Å²) in [5.41, 5.74) is -0.218. The van der Waals surface area contributed by atoms with Gasteiger partial charge in [-0.1, -0.05) is 13.8 Å². The van der Waals surface area contributed by atoms with Crippen molar-refractivity contribution < 1.29 is 14.3 Å². The van der Waals surface area contributed by atoms with E-state index in [1.165, 1.54) is 6.92 Å². The van der Waals surface area contributed by atoms with Crippen LogP contribution in [0.5, 0.6) is 0 Å². The van der Waals surface area contributed by atoms with E-state index < -0.39 is 0 Å². The van der Waals surface area contributed by atoms with Gasteiger partial charge in [-0.15, -0.1) is 0 Å². The van der Waals surface area contributed by atoms with E-state index in [1.54, 1.807) is 0 Å². The molecule has 7 unspecified atom stereocenters. The molecule has 0 N–H and O–H groups in total. The lowest BCUT2D eigenvalue weighted by Crippen LogP contribution is -2.61. The molecule has 5 heteroatoms. The fourth-order valence-corrected chi connectivity index (χ4v) is 7.87. The maximum Gasteiger partial charge on any atom is 0.302 e. The first-order chi connectivity index (χ1) is 12.8. The van der Waals surface area contributed by atoms with Gasteiger partial charge in [0.05, 0.1) is 10.7 Å². The predicted molar refractivity (Wildman–Crippen MR) is 107 cm³/mol. The topological polar surface area (TPSA) is 55.7 Å². The van der Waals surface area contributed by atoms with Crippen molar-refractivity contribution >= 4 is 29.1 Å². The fraction of sp³-hybridized carbons (Fsp3) is 0.864. The van der Waals surface area contributed by atoms with Crippen molar-refractivity contribution in [3.05, 3.63) is 0 Å². The molecule has 4 saturated carbocycles. The summed E-state index contributed by atoms with van der Waals surface area (Å²) in [5, 5.41) is 2.65. The van der Waals surface area contributed by atoms with Crippen LogP contribution in [0.3, 0.4) is 0 Å². The van der Waals surface area contributed by atoms with Gasteiger partial charge in [-0.3, -0.25) is 9.59 Å². The van der Waals surface area contributed by atoms with Gasteiger partial charge in [0.1, 0.15) is 11.9 Å². The average molecular weight is 390 g/mol. The number of ketones is 1. The lowest BCUT2D eigenvalue weighted by atomic mass is 9.43. The lowest BCUT2D eigenvalue weighted by molar-refractivity contribution is -0.163. The van der Waals surface area contributed by atoms with Crippen LogP contribution in [0, 0.1) is 28.6 Å². The molecule has 4 aliphatic carbocycles. The molecule has 148 valence electrons. The Balaban J connectivity index is 1.67. The number of esters is 1. The molecule has 0 amide bonds. The summed E-state index contributed by atoms with van der Waals surface area (Å²) in [6.45, 7) is 6.24. The third-order valence-electron chi connectivity index (χ3n) is 9.10. The Morgan fingerprint density at radius 2 is 1.93 bits per heavy atom. The van der Waals surface area contributed by atoms with E-state index in [2.05, 4.69) is 24.0 Å². The van der Waals surface area contributed by atoms with Gasteiger partial charge in [0.2, 0.25) is 0 Å². The largest absolute Gasteiger partial charge is 0.462 e. The van der Waals surface area contributed by atoms with Crippen LogP contribution in [0.4, 0.5) is 0 Å². The van der Waals surface area contributed by atoms with E-state index in [0.29, 0.717) is 36.4 Å². The van der Waals surface area contributed by atoms with Crippen LogP contribution in [0.15, 0.2) is 4.99 Å². The van der Waals surface area contributed by atoms with E-state index >= 15 is 0 Å². The Morgan fingerprint density at radius 1 is 1.15 bits per heavy atom. The van der Waals surface area contributed by atoms with Gasteiger partial charge in [0, 0.05) is 25.2 Å². The molecule has 0 aromatic carbocycles. The predicted octanol–water partition coefficient (Wildman–Crippen LogP) is 4.76. The van der Waals surface area contributed by atoms with Gasteiger partial charge < -0.3 is 4.74 Å². The summed E-state index contributed by atoms with van der Waals surface area (Å²) in [6.07, 6.45) is 8.59. The SMILES string of the molecule is CC(=O)OC1CCC2C3CCC4(N=C=S)CC(=O)CCC4(C)C3CCC12C. The number of rotatable bonds is 2. The smallest absolute Gasteiger partial charge is 0.302 e. The second-order valence-corrected chi connectivity index (χ2v) is 10.2. The molecule has 0 bridgehead atoms. The summed E-state index contributed by atoms with van der Waals surface area (Å²) in [5.74, 6) is 1.98. The molecule has 4 nitrogen and oxygen atoms in total. The number of hydrogen-bond acceptors (Lipinski definition) is 5. The second-order valence-electron chi connectivity index (χ2n) is 10.0. The van der Waals surface area contributed by atoms with Gasteiger partial charge in [0.25, 0.3) is 0 Å². The number of aliphatic imine (C=N–C) groups is 1. The highest BCUT2D eigenvalue weighted by Gasteiger charge is 2.65. The molecular weight excluding hydrogens is 358 g/mol. The quantitative estimate of drug-likeness (QED) is 0.388. The number of Topliss-reactive ketones (excluding diaryl/α,β-unsaturated/α-hetero) is 1. The minimum absolute atomic E-state index is 0.0243. The first kappa shape index (κ1) is 19.3. The lowest BCUT2D eigenvalue weighted by Gasteiger charge is -2.63. The van der Waals surface area contributed by atoms with Crippen LogP contribution < -0.4 is 0 Å². The number of nitrogens with zero attached hydrogens (tertiary/aromatic N) is 1. The summed E-state index contributed by atoms with van der Waals surface area (Å²) in [4.78, 5) is 28.6. The molecule has 0 saturated heterocycles. The molecule has 0 heterocycles. The summed E-state index contributed by atoms with van der Waals surface area (Å²) in [6, 6.07) is 0. The van der Waals surface area contributed by atoms with E-state index in [-0.39, 0.29) is 28.4 Å². The Morgan fingerprint density at radius 3 is 2.63 bits per heavy atom. The molecule has 0 aliphatic heterocycles. The Bertz CT molecular complexity index is 716. The van der Waals surface area contributed by atoms with E-state index in [0.717, 1.165) is 44.9 Å². The summed E-state index contributed by atoms with van der Waals surface area (Å²) < 4.78 is 5.74. The van der Waals surface area contributed by atoms with Gasteiger partial charge >= 0.3 is 5.97 Å². The van der Waals surface area contributed by atoms with Crippen LogP contribution in [0.2, 0.25) is 0 Å². The normalized spacial score (nSPS) is 48.6. The van der Waals surface area contributed by atoms with E-state index in [1.807, 2.05) is 0 Å². The molecule has 4 rings (SSSR count). The van der Waals surface area contributed by atoms with Crippen LogP contribution >= 0.6 is 12.2 Å². The monoisotopic (exact) mass is 389 g/mol. The maximum absolute atomic E-state index is 12.3. The van der Waals surface area contributed by atoms with Crippen LogP contribution in [0.1, 0.15) is 78.6 Å². The molecule has 0 aromatic heterocycles. The molecule has 4 fully saturated rings. The van der Waals surface area contributed by atoms with E-state index in [4.69, 9.17) is 17.0 Å². The third-order valence-corrected chi connectivity index (χ3v) is 9.19. The molecular formula is C22H31NO3S. The Hall–Kier alpha value is -1.06. The van der Waals surface area contributed by atoms with Crippen molar-refractivity contribution in [2.24, 2.45) is 33.6 Å². The molecule has 27 heavy (non-hydrogen) atoms. The summed E-state index contributed by atoms with van der Waals surface area (Å²) >= 11 is 5.00. The maximum atomic E-state index is 12.3. The van der Waals surface area contributed by atoms with Crippen molar-refractivity contribution in [3.8, 4) is 0 Å². The Kier molecular flexibility index (Phi) is 4.63. The zero-order valence-electron chi connectivity index (χ0n) is 16.8. The van der Waals surface area contributed by atoms with Crippen molar-refractivity contribution in [3.63, 3.8) is 0 Å². The minimum Gasteiger partial charge on any atom is -0.462 e. The highest BCUT2D eigenvalue weighted by molar-refractivity contribution is 7.78. The molecule has 0 spiro atoms. The molecule has 7 atom stereocenters. The Labute approximate surface area is 167 Å². The first-order valence-corrected chi connectivity index (χ1v) is 10.9. The fourth-order valence-electron chi connectivity index (χ4n) is 7.70. The van der Waals surface area contributed by atoms with E-state index in [9.17, 15) is 9.59 Å². The number of carbonyl (C=O) groups is 2. The van der Waals surface area contributed by atoms with Crippen LogP contribution in [0.25, 0.3) is 0 Å². The number of fused-ring (bicyclic) bond motifs is 5. The molecule has 0 aromatic rings. The first-order valence-electron chi connectivity index (χ1n) is 10.5. The standard InChI is InChI=1S/C22H31NO3S/c1-14(24)26-19-5-4-17-16-7-11-22(23-13-27)12-15(25)6-10-21(22,3)18(16)8-9-20(17,19)2/h16-19H,4-12H2,1-3H3. The van der Waals surface area contributed by atoms with Gasteiger partial charge in [-0.25, -0.2) is 4.99 Å². The number of thiocarbonyl (C=S) groups is 1. The van der Waals surface area contributed by atoms with Gasteiger partial charge in [-0.2, -0.15) is 0 Å². The van der Waals surface area contributed by atoms with Crippen LogP contribution in [-0.2, 0) is 14.3 Å². The molecule has 0 radical (unpaired) electrons. The highest BCUT2D eigenvalue weighted by Crippen LogP contribution is 2.68. The zero-order valence-corrected chi connectivity index (χ0v) is 17.6. The highest BCUT2D eigenvalue weighted by atomic mass is 32.1. The van der Waals surface area contributed by atoms with Crippen molar-refractivity contribution in [1.29, 1.82) is 0 Å².